The molecule has 2 aromatic rings. The summed E-state index contributed by atoms with van der Waals surface area (Å²) in [4.78, 5) is 0. The molecule has 0 saturated carbocycles. The van der Waals surface area contributed by atoms with Crippen molar-refractivity contribution in [3.63, 3.8) is 0 Å². The molecule has 1 heterocycles. The number of anilines is 1. The average molecular weight is 342 g/mol. The Kier molecular flexibility index (Phi) is 3.72. The predicted octanol–water partition coefficient (Wildman–Crippen LogP) is 2.70. The third-order valence-corrected chi connectivity index (χ3v) is 3.05. The highest BCUT2D eigenvalue weighted by Crippen LogP contribution is 2.17. The van der Waals surface area contributed by atoms with Gasteiger partial charge >= 0.3 is 5.95 Å². The third kappa shape index (κ3) is 2.82. The molecule has 17 heavy (non-hydrogen) atoms. The second-order valence-corrected chi connectivity index (χ2v) is 4.27. The SMILES string of the molecule is C[n+]1ccn(CI)c1N=Nc1ccc(N)cc1. The minimum atomic E-state index is 0.727. The molecule has 0 fully saturated rings. The lowest BCUT2D eigenvalue weighted by Gasteiger charge is -1.92. The molecule has 1 aromatic heterocycles. The van der Waals surface area contributed by atoms with Gasteiger partial charge in [-0.25, -0.2) is 9.13 Å². The van der Waals surface area contributed by atoms with E-state index < -0.39 is 0 Å². The molecule has 0 saturated heterocycles. The maximum Gasteiger partial charge on any atom is 0.421 e. The first-order chi connectivity index (χ1) is 8.20. The molecule has 0 aliphatic heterocycles. The van der Waals surface area contributed by atoms with Gasteiger partial charge in [0.2, 0.25) is 0 Å². The van der Waals surface area contributed by atoms with Gasteiger partial charge < -0.3 is 5.73 Å². The zero-order valence-corrected chi connectivity index (χ0v) is 11.6. The first kappa shape index (κ1) is 12.0. The number of nitrogens with zero attached hydrogens (tertiary/aromatic N) is 4. The number of hydrogen-bond acceptors (Lipinski definition) is 3. The molecule has 0 radical (unpaired) electrons. The van der Waals surface area contributed by atoms with Crippen molar-refractivity contribution in [3.05, 3.63) is 36.7 Å². The third-order valence-electron chi connectivity index (χ3n) is 2.32. The van der Waals surface area contributed by atoms with Gasteiger partial charge in [0.25, 0.3) is 0 Å². The molecule has 5 nitrogen and oxygen atoms in total. The van der Waals surface area contributed by atoms with E-state index in [-0.39, 0.29) is 0 Å². The highest BCUT2D eigenvalue weighted by molar-refractivity contribution is 14.1. The van der Waals surface area contributed by atoms with Gasteiger partial charge in [-0.2, -0.15) is 0 Å². The average Bonchev–Trinajstić information content (AvgIpc) is 2.69. The van der Waals surface area contributed by atoms with Crippen LogP contribution in [-0.2, 0) is 11.6 Å². The molecule has 6 heteroatoms. The monoisotopic (exact) mass is 342 g/mol. The summed E-state index contributed by atoms with van der Waals surface area (Å²) in [5.41, 5.74) is 7.12. The van der Waals surface area contributed by atoms with Gasteiger partial charge in [-0.05, 0) is 46.9 Å². The Morgan fingerprint density at radius 2 is 2.00 bits per heavy atom. The Bertz CT molecular complexity index is 529. The highest BCUT2D eigenvalue weighted by atomic mass is 127. The molecule has 0 spiro atoms. The van der Waals surface area contributed by atoms with Crippen LogP contribution in [0.5, 0.6) is 0 Å². The Hall–Kier alpha value is -1.44. The maximum atomic E-state index is 5.61. The van der Waals surface area contributed by atoms with Crippen molar-refractivity contribution in [3.8, 4) is 0 Å². The van der Waals surface area contributed by atoms with E-state index in [2.05, 4.69) is 32.8 Å². The summed E-state index contributed by atoms with van der Waals surface area (Å²) in [5, 5.41) is 8.43. The molecule has 0 aliphatic rings. The van der Waals surface area contributed by atoms with Gasteiger partial charge in [0.15, 0.2) is 0 Å². The van der Waals surface area contributed by atoms with Crippen molar-refractivity contribution in [2.75, 3.05) is 5.73 Å². The summed E-state index contributed by atoms with van der Waals surface area (Å²) in [5.74, 6) is 0.816. The van der Waals surface area contributed by atoms with E-state index in [9.17, 15) is 0 Å². The number of aryl methyl sites for hydroxylation is 1. The zero-order chi connectivity index (χ0) is 12.3. The van der Waals surface area contributed by atoms with Gasteiger partial charge in [-0.1, -0.05) is 5.11 Å². The number of azo groups is 1. The van der Waals surface area contributed by atoms with Gasteiger partial charge in [-0.3, -0.25) is 0 Å². The van der Waals surface area contributed by atoms with Crippen molar-refractivity contribution in [2.45, 2.75) is 4.55 Å². The molecular weight excluding hydrogens is 329 g/mol. The van der Waals surface area contributed by atoms with Crippen molar-refractivity contribution in [1.29, 1.82) is 0 Å². The zero-order valence-electron chi connectivity index (χ0n) is 9.42. The van der Waals surface area contributed by atoms with Crippen LogP contribution in [0.25, 0.3) is 0 Å². The first-order valence-electron chi connectivity index (χ1n) is 5.08. The Morgan fingerprint density at radius 1 is 1.29 bits per heavy atom. The van der Waals surface area contributed by atoms with E-state index in [1.807, 2.05) is 52.8 Å². The lowest BCUT2D eigenvalue weighted by molar-refractivity contribution is -0.657. The smallest absolute Gasteiger partial charge is 0.399 e. The fraction of sp³-hybridized carbons (Fsp3) is 0.182. The van der Waals surface area contributed by atoms with Crippen LogP contribution in [0.15, 0.2) is 46.9 Å². The molecule has 0 unspecified atom stereocenters. The summed E-state index contributed by atoms with van der Waals surface area (Å²) >= 11 is 2.28. The molecule has 2 N–H and O–H groups in total. The molecule has 2 rings (SSSR count). The first-order valence-corrected chi connectivity index (χ1v) is 6.61. The number of nitrogen functional groups attached to an aromatic ring is 1. The maximum absolute atomic E-state index is 5.61. The fourth-order valence-electron chi connectivity index (χ4n) is 1.38. The van der Waals surface area contributed by atoms with E-state index in [4.69, 9.17) is 5.73 Å². The highest BCUT2D eigenvalue weighted by Gasteiger charge is 2.12. The predicted molar refractivity (Wildman–Crippen MR) is 74.7 cm³/mol. The van der Waals surface area contributed by atoms with Gasteiger partial charge in [-0.15, -0.1) is 0 Å². The number of nitrogens with two attached hydrogens (primary N) is 1. The second kappa shape index (κ2) is 5.26. The number of halogens is 1. The van der Waals surface area contributed by atoms with Crippen molar-refractivity contribution in [2.24, 2.45) is 17.3 Å². The van der Waals surface area contributed by atoms with Gasteiger partial charge in [0.05, 0.1) is 19.4 Å². The molecule has 0 aliphatic carbocycles. The standard InChI is InChI=1S/C11H12IN5/c1-16-6-7-17(8-12)11(16)15-14-10-4-2-9(13)3-5-10/h2-7,13H,8H2,1H3/p+1. The number of hydrogen-bond donors (Lipinski definition) is 1. The van der Waals surface area contributed by atoms with Crippen molar-refractivity contribution < 1.29 is 4.57 Å². The van der Waals surface area contributed by atoms with Gasteiger partial charge in [0.1, 0.15) is 10.2 Å². The largest absolute Gasteiger partial charge is 0.421 e. The topological polar surface area (TPSA) is 59.5 Å². The number of rotatable bonds is 3. The Balaban J connectivity index is 2.25. The second-order valence-electron chi connectivity index (χ2n) is 3.59. The quantitative estimate of drug-likeness (QED) is 0.301. The molecule has 0 bridgehead atoms. The lowest BCUT2D eigenvalue weighted by atomic mass is 10.3. The Morgan fingerprint density at radius 3 is 2.65 bits per heavy atom. The number of benzene rings is 1. The number of aromatic nitrogens is 2. The molecular formula is C11H13IN5+. The van der Waals surface area contributed by atoms with Crippen molar-refractivity contribution in [1.82, 2.24) is 4.57 Å². The Labute approximate surface area is 113 Å². The minimum Gasteiger partial charge on any atom is -0.399 e. The van der Waals surface area contributed by atoms with Crippen LogP contribution in [0, 0.1) is 0 Å². The van der Waals surface area contributed by atoms with Crippen LogP contribution in [-0.4, -0.2) is 4.57 Å². The molecule has 88 valence electrons. The van der Waals surface area contributed by atoms with E-state index in [0.717, 1.165) is 21.9 Å². The molecule has 0 atom stereocenters. The summed E-state index contributed by atoms with van der Waals surface area (Å²) in [6.07, 6.45) is 3.93. The summed E-state index contributed by atoms with van der Waals surface area (Å²) in [7, 11) is 1.94. The minimum absolute atomic E-state index is 0.727. The summed E-state index contributed by atoms with van der Waals surface area (Å²) in [6.45, 7) is 0. The molecule has 1 aromatic carbocycles. The summed E-state index contributed by atoms with van der Waals surface area (Å²) in [6, 6.07) is 7.31. The van der Waals surface area contributed by atoms with E-state index in [0.29, 0.717) is 0 Å². The number of imidazole rings is 1. The van der Waals surface area contributed by atoms with Crippen LogP contribution in [0.3, 0.4) is 0 Å². The van der Waals surface area contributed by atoms with Crippen LogP contribution < -0.4 is 10.3 Å². The van der Waals surface area contributed by atoms with Crippen LogP contribution >= 0.6 is 22.6 Å². The summed E-state index contributed by atoms with van der Waals surface area (Å²) < 4.78 is 4.79. The van der Waals surface area contributed by atoms with E-state index in [1.54, 1.807) is 0 Å². The van der Waals surface area contributed by atoms with Crippen LogP contribution in [0.4, 0.5) is 17.3 Å². The lowest BCUT2D eigenvalue weighted by Crippen LogP contribution is -2.25. The normalized spacial score (nSPS) is 11.2. The van der Waals surface area contributed by atoms with E-state index >= 15 is 0 Å². The van der Waals surface area contributed by atoms with Gasteiger partial charge in [0, 0.05) is 10.8 Å². The fourth-order valence-corrected chi connectivity index (χ4v) is 1.91. The van der Waals surface area contributed by atoms with Crippen LogP contribution in [0.2, 0.25) is 0 Å². The molecule has 0 amide bonds. The van der Waals surface area contributed by atoms with Crippen molar-refractivity contribution >= 4 is 39.9 Å². The van der Waals surface area contributed by atoms with E-state index in [1.165, 1.54) is 0 Å². The van der Waals surface area contributed by atoms with Crippen LogP contribution in [0.1, 0.15) is 0 Å². The number of alkyl halides is 1.